The summed E-state index contributed by atoms with van der Waals surface area (Å²) in [6, 6.07) is 13.2. The Hall–Kier alpha value is -2.62. The van der Waals surface area contributed by atoms with Crippen LogP contribution >= 0.6 is 0 Å². The summed E-state index contributed by atoms with van der Waals surface area (Å²) >= 11 is 0. The standard InChI is InChI=1S/C20H21NO3/c1-14(22)15-9-10-18-16(12-15)7-5-11-21(18)20(23)13-17-6-3-4-8-19(17)24-2/h3-4,6,8-10,12H,5,7,11,13H2,1-2H3. The number of nitrogens with zero attached hydrogens (tertiary/aromatic N) is 1. The maximum atomic E-state index is 12.8. The van der Waals surface area contributed by atoms with E-state index in [4.69, 9.17) is 4.74 Å². The Labute approximate surface area is 142 Å². The molecule has 3 rings (SSSR count). The van der Waals surface area contributed by atoms with Crippen LogP contribution in [0.25, 0.3) is 0 Å². The fraction of sp³-hybridized carbons (Fsp3) is 0.300. The summed E-state index contributed by atoms with van der Waals surface area (Å²) in [5.41, 5.74) is 3.58. The van der Waals surface area contributed by atoms with Crippen LogP contribution in [0.3, 0.4) is 0 Å². The number of rotatable bonds is 4. The average Bonchev–Trinajstić information content (AvgIpc) is 2.61. The van der Waals surface area contributed by atoms with Gasteiger partial charge in [0.1, 0.15) is 5.75 Å². The van der Waals surface area contributed by atoms with Crippen molar-refractivity contribution < 1.29 is 14.3 Å². The smallest absolute Gasteiger partial charge is 0.231 e. The number of anilines is 1. The van der Waals surface area contributed by atoms with Crippen molar-refractivity contribution >= 4 is 17.4 Å². The van der Waals surface area contributed by atoms with Crippen molar-refractivity contribution in [1.82, 2.24) is 0 Å². The number of para-hydroxylation sites is 1. The maximum absolute atomic E-state index is 12.8. The number of benzene rings is 2. The number of ether oxygens (including phenoxy) is 1. The molecule has 1 aliphatic heterocycles. The van der Waals surface area contributed by atoms with Gasteiger partial charge in [-0.3, -0.25) is 9.59 Å². The SMILES string of the molecule is COc1ccccc1CC(=O)N1CCCc2cc(C(C)=O)ccc21. The first kappa shape index (κ1) is 16.2. The van der Waals surface area contributed by atoms with Gasteiger partial charge in [0.2, 0.25) is 5.91 Å². The first-order valence-corrected chi connectivity index (χ1v) is 8.16. The van der Waals surface area contributed by atoms with Gasteiger partial charge in [0, 0.05) is 23.4 Å². The first-order chi connectivity index (χ1) is 11.6. The van der Waals surface area contributed by atoms with Crippen LogP contribution in [0.4, 0.5) is 5.69 Å². The quantitative estimate of drug-likeness (QED) is 0.810. The molecule has 2 aromatic carbocycles. The number of aryl methyl sites for hydroxylation is 1. The summed E-state index contributed by atoms with van der Waals surface area (Å²) in [6.45, 7) is 2.27. The Morgan fingerprint density at radius 3 is 2.71 bits per heavy atom. The minimum atomic E-state index is 0.0512. The lowest BCUT2D eigenvalue weighted by Gasteiger charge is -2.30. The molecule has 0 saturated heterocycles. The zero-order valence-corrected chi connectivity index (χ0v) is 14.0. The zero-order chi connectivity index (χ0) is 17.1. The predicted octanol–water partition coefficient (Wildman–Crippen LogP) is 3.42. The fourth-order valence-electron chi connectivity index (χ4n) is 3.18. The lowest BCUT2D eigenvalue weighted by molar-refractivity contribution is -0.118. The van der Waals surface area contributed by atoms with Crippen LogP contribution in [0, 0.1) is 0 Å². The van der Waals surface area contributed by atoms with Crippen LogP contribution in [0.1, 0.15) is 34.8 Å². The number of hydrogen-bond donors (Lipinski definition) is 0. The molecule has 0 atom stereocenters. The lowest BCUT2D eigenvalue weighted by Crippen LogP contribution is -2.36. The van der Waals surface area contributed by atoms with Crippen LogP contribution in [0.5, 0.6) is 5.75 Å². The van der Waals surface area contributed by atoms with Gasteiger partial charge in [-0.1, -0.05) is 18.2 Å². The monoisotopic (exact) mass is 323 g/mol. The van der Waals surface area contributed by atoms with Gasteiger partial charge >= 0.3 is 0 Å². The molecule has 0 radical (unpaired) electrons. The number of Topliss-reactive ketones (excluding diaryl/α,β-unsaturated/α-hetero) is 1. The molecule has 1 heterocycles. The molecule has 0 aromatic heterocycles. The molecule has 0 fully saturated rings. The van der Waals surface area contributed by atoms with E-state index < -0.39 is 0 Å². The molecule has 0 saturated carbocycles. The molecule has 2 aromatic rings. The third-order valence-corrected chi connectivity index (χ3v) is 4.44. The van der Waals surface area contributed by atoms with Gasteiger partial charge in [-0.2, -0.15) is 0 Å². The number of ketones is 1. The average molecular weight is 323 g/mol. The van der Waals surface area contributed by atoms with Crippen molar-refractivity contribution in [3.63, 3.8) is 0 Å². The molecule has 0 spiro atoms. The minimum absolute atomic E-state index is 0.0512. The second-order valence-electron chi connectivity index (χ2n) is 6.04. The van der Waals surface area contributed by atoms with E-state index in [1.54, 1.807) is 20.1 Å². The third-order valence-electron chi connectivity index (χ3n) is 4.44. The fourth-order valence-corrected chi connectivity index (χ4v) is 3.18. The van der Waals surface area contributed by atoms with Crippen LogP contribution in [-0.4, -0.2) is 25.3 Å². The summed E-state index contributed by atoms with van der Waals surface area (Å²) < 4.78 is 5.34. The topological polar surface area (TPSA) is 46.6 Å². The molecule has 24 heavy (non-hydrogen) atoms. The molecule has 0 N–H and O–H groups in total. The first-order valence-electron chi connectivity index (χ1n) is 8.16. The van der Waals surface area contributed by atoms with Gasteiger partial charge in [0.25, 0.3) is 0 Å². The van der Waals surface area contributed by atoms with E-state index in [0.29, 0.717) is 18.5 Å². The van der Waals surface area contributed by atoms with Gasteiger partial charge < -0.3 is 9.64 Å². The number of fused-ring (bicyclic) bond motifs is 1. The number of carbonyl (C=O) groups is 2. The van der Waals surface area contributed by atoms with Crippen molar-refractivity contribution in [3.8, 4) is 5.75 Å². The van der Waals surface area contributed by atoms with E-state index in [9.17, 15) is 9.59 Å². The van der Waals surface area contributed by atoms with E-state index in [-0.39, 0.29) is 11.7 Å². The van der Waals surface area contributed by atoms with E-state index in [2.05, 4.69) is 0 Å². The number of amides is 1. The predicted molar refractivity (Wildman–Crippen MR) is 93.8 cm³/mol. The van der Waals surface area contributed by atoms with Gasteiger partial charge in [-0.05, 0) is 49.6 Å². The van der Waals surface area contributed by atoms with E-state index in [1.807, 2.05) is 41.3 Å². The molecule has 1 aliphatic rings. The van der Waals surface area contributed by atoms with Crippen molar-refractivity contribution in [2.45, 2.75) is 26.2 Å². The molecule has 4 nitrogen and oxygen atoms in total. The Bertz CT molecular complexity index is 782. The molecular formula is C20H21NO3. The normalized spacial score (nSPS) is 13.3. The van der Waals surface area contributed by atoms with Gasteiger partial charge in [-0.15, -0.1) is 0 Å². The summed E-state index contributed by atoms with van der Waals surface area (Å²) in [6.07, 6.45) is 2.11. The maximum Gasteiger partial charge on any atom is 0.231 e. The molecular weight excluding hydrogens is 302 g/mol. The molecule has 1 amide bonds. The summed E-state index contributed by atoms with van der Waals surface area (Å²) in [5, 5.41) is 0. The Morgan fingerprint density at radius 2 is 1.96 bits per heavy atom. The number of methoxy groups -OCH3 is 1. The van der Waals surface area contributed by atoms with E-state index >= 15 is 0 Å². The van der Waals surface area contributed by atoms with Crippen molar-refractivity contribution in [2.24, 2.45) is 0 Å². The Morgan fingerprint density at radius 1 is 1.17 bits per heavy atom. The third kappa shape index (κ3) is 3.18. The molecule has 124 valence electrons. The number of carbonyl (C=O) groups excluding carboxylic acids is 2. The lowest BCUT2D eigenvalue weighted by atomic mass is 9.97. The molecule has 0 bridgehead atoms. The van der Waals surface area contributed by atoms with Crippen LogP contribution in [-0.2, 0) is 17.6 Å². The van der Waals surface area contributed by atoms with Crippen molar-refractivity contribution in [2.75, 3.05) is 18.6 Å². The minimum Gasteiger partial charge on any atom is -0.496 e. The van der Waals surface area contributed by atoms with Crippen LogP contribution in [0.2, 0.25) is 0 Å². The highest BCUT2D eigenvalue weighted by Gasteiger charge is 2.23. The molecule has 0 unspecified atom stereocenters. The number of hydrogen-bond acceptors (Lipinski definition) is 3. The van der Waals surface area contributed by atoms with E-state index in [1.165, 1.54) is 0 Å². The van der Waals surface area contributed by atoms with Crippen LogP contribution in [0.15, 0.2) is 42.5 Å². The van der Waals surface area contributed by atoms with Crippen molar-refractivity contribution in [1.29, 1.82) is 0 Å². The van der Waals surface area contributed by atoms with Gasteiger partial charge in [-0.25, -0.2) is 0 Å². The Kier molecular flexibility index (Phi) is 4.65. The zero-order valence-electron chi connectivity index (χ0n) is 14.0. The summed E-state index contributed by atoms with van der Waals surface area (Å²) in [7, 11) is 1.61. The highest BCUT2D eigenvalue weighted by molar-refractivity contribution is 5.98. The van der Waals surface area contributed by atoms with E-state index in [0.717, 1.165) is 35.4 Å². The Balaban J connectivity index is 1.86. The largest absolute Gasteiger partial charge is 0.496 e. The van der Waals surface area contributed by atoms with Crippen LogP contribution < -0.4 is 9.64 Å². The summed E-state index contributed by atoms with van der Waals surface area (Å²) in [4.78, 5) is 26.2. The highest BCUT2D eigenvalue weighted by Crippen LogP contribution is 2.29. The molecule has 0 aliphatic carbocycles. The highest BCUT2D eigenvalue weighted by atomic mass is 16.5. The van der Waals surface area contributed by atoms with Crippen molar-refractivity contribution in [3.05, 3.63) is 59.2 Å². The summed E-state index contributed by atoms with van der Waals surface area (Å²) in [5.74, 6) is 0.835. The van der Waals surface area contributed by atoms with Gasteiger partial charge in [0.15, 0.2) is 5.78 Å². The molecule has 4 heteroatoms. The van der Waals surface area contributed by atoms with Gasteiger partial charge in [0.05, 0.1) is 13.5 Å². The second-order valence-corrected chi connectivity index (χ2v) is 6.04. The second kappa shape index (κ2) is 6.87.